The van der Waals surface area contributed by atoms with Crippen molar-refractivity contribution in [1.29, 1.82) is 0 Å². The molecular formula is C30H56O. The summed E-state index contributed by atoms with van der Waals surface area (Å²) < 4.78 is 6.87. The largest absolute Gasteiger partial charge is 0.372 e. The van der Waals surface area contributed by atoms with Gasteiger partial charge in [0.1, 0.15) is 0 Å². The summed E-state index contributed by atoms with van der Waals surface area (Å²) in [7, 11) is 0. The molecule has 1 heteroatoms. The minimum absolute atomic E-state index is 0.0342. The van der Waals surface area contributed by atoms with Crippen molar-refractivity contribution in [3.05, 3.63) is 12.7 Å². The summed E-state index contributed by atoms with van der Waals surface area (Å²) >= 11 is 0. The molecule has 0 radical (unpaired) electrons. The molecule has 0 heterocycles. The molecule has 0 N–H and O–H groups in total. The molecule has 4 rings (SSSR count). The molecule has 0 aromatic rings. The summed E-state index contributed by atoms with van der Waals surface area (Å²) in [5.41, 5.74) is 0.990. The van der Waals surface area contributed by atoms with Crippen LogP contribution in [0.3, 0.4) is 0 Å². The minimum Gasteiger partial charge on any atom is -0.372 e. The molecule has 182 valence electrons. The standard InChI is InChI=1S/C26H44O.2C2H6/c1-8-18-9-10-20-23-21(12-14-25(18,20)6)26(7)13-11-17(2)15-19(26)16-22(23)27-24(3,4)5;2*1-2/h8,17-23H,1,9-16H2,2-7H3;2*1-2H3. The molecule has 0 aliphatic heterocycles. The van der Waals surface area contributed by atoms with E-state index >= 15 is 0 Å². The van der Waals surface area contributed by atoms with E-state index in [1.54, 1.807) is 0 Å². The smallest absolute Gasteiger partial charge is 0.0618 e. The van der Waals surface area contributed by atoms with Crippen molar-refractivity contribution in [3.63, 3.8) is 0 Å². The SMILES string of the molecule is C=CC1CCC2C3C(OC(C)(C)C)CC4CC(C)CCC4(C)C3CCC12C.CC.CC. The fourth-order valence-electron chi connectivity index (χ4n) is 8.42. The number of allylic oxidation sites excluding steroid dienone is 1. The van der Waals surface area contributed by atoms with E-state index in [0.717, 1.165) is 35.5 Å². The molecule has 1 nitrogen and oxygen atoms in total. The summed E-state index contributed by atoms with van der Waals surface area (Å²) in [4.78, 5) is 0. The van der Waals surface area contributed by atoms with Gasteiger partial charge in [0.05, 0.1) is 11.7 Å². The van der Waals surface area contributed by atoms with Crippen LogP contribution in [-0.2, 0) is 4.74 Å². The first-order valence-electron chi connectivity index (χ1n) is 13.9. The summed E-state index contributed by atoms with van der Waals surface area (Å²) in [6.07, 6.45) is 14.0. The monoisotopic (exact) mass is 432 g/mol. The van der Waals surface area contributed by atoms with E-state index in [1.165, 1.54) is 51.4 Å². The maximum atomic E-state index is 6.87. The van der Waals surface area contributed by atoms with Gasteiger partial charge in [-0.05, 0) is 112 Å². The normalized spacial score (nSPS) is 46.2. The first-order valence-corrected chi connectivity index (χ1v) is 13.9. The number of ether oxygens (including phenoxy) is 1. The van der Waals surface area contributed by atoms with E-state index in [9.17, 15) is 0 Å². The Balaban J connectivity index is 0.000000807. The van der Waals surface area contributed by atoms with Crippen LogP contribution in [0.2, 0.25) is 0 Å². The highest BCUT2D eigenvalue weighted by Crippen LogP contribution is 2.68. The molecule has 31 heavy (non-hydrogen) atoms. The highest BCUT2D eigenvalue weighted by Gasteiger charge is 2.62. The lowest BCUT2D eigenvalue weighted by Gasteiger charge is -2.63. The fourth-order valence-corrected chi connectivity index (χ4v) is 8.42. The second kappa shape index (κ2) is 10.3. The molecule has 0 aromatic carbocycles. The molecule has 4 fully saturated rings. The molecule has 9 atom stereocenters. The van der Waals surface area contributed by atoms with Crippen LogP contribution in [0.15, 0.2) is 12.7 Å². The van der Waals surface area contributed by atoms with Gasteiger partial charge < -0.3 is 4.74 Å². The van der Waals surface area contributed by atoms with Crippen LogP contribution in [0.5, 0.6) is 0 Å². The van der Waals surface area contributed by atoms with Gasteiger partial charge >= 0.3 is 0 Å². The van der Waals surface area contributed by atoms with Crippen LogP contribution in [0.4, 0.5) is 0 Å². The average molecular weight is 433 g/mol. The van der Waals surface area contributed by atoms with Gasteiger partial charge in [-0.25, -0.2) is 0 Å². The van der Waals surface area contributed by atoms with Crippen molar-refractivity contribution < 1.29 is 4.74 Å². The van der Waals surface area contributed by atoms with Crippen molar-refractivity contribution in [2.45, 2.75) is 132 Å². The molecule has 0 amide bonds. The van der Waals surface area contributed by atoms with Gasteiger partial charge in [-0.15, -0.1) is 6.58 Å². The van der Waals surface area contributed by atoms with Crippen LogP contribution >= 0.6 is 0 Å². The Morgan fingerprint density at radius 1 is 0.839 bits per heavy atom. The van der Waals surface area contributed by atoms with Crippen molar-refractivity contribution in [2.24, 2.45) is 46.3 Å². The molecule has 0 aromatic heterocycles. The van der Waals surface area contributed by atoms with E-state index < -0.39 is 0 Å². The third-order valence-corrected chi connectivity index (χ3v) is 9.78. The third-order valence-electron chi connectivity index (χ3n) is 9.78. The Morgan fingerprint density at radius 2 is 1.42 bits per heavy atom. The van der Waals surface area contributed by atoms with Crippen LogP contribution in [0.1, 0.15) is 121 Å². The molecule has 0 bridgehead atoms. The van der Waals surface area contributed by atoms with Crippen molar-refractivity contribution in [1.82, 2.24) is 0 Å². The third kappa shape index (κ3) is 4.97. The molecule has 4 aliphatic carbocycles. The van der Waals surface area contributed by atoms with E-state index in [4.69, 9.17) is 4.74 Å². The predicted molar refractivity (Wildman–Crippen MR) is 137 cm³/mol. The first-order chi connectivity index (χ1) is 14.6. The van der Waals surface area contributed by atoms with Crippen LogP contribution in [0, 0.1) is 46.3 Å². The quantitative estimate of drug-likeness (QED) is 0.395. The van der Waals surface area contributed by atoms with E-state index in [0.29, 0.717) is 16.9 Å². The molecule has 0 spiro atoms. The highest BCUT2D eigenvalue weighted by molar-refractivity contribution is 5.13. The fraction of sp³-hybridized carbons (Fsp3) is 0.933. The van der Waals surface area contributed by atoms with E-state index in [1.807, 2.05) is 27.7 Å². The topological polar surface area (TPSA) is 9.23 Å². The van der Waals surface area contributed by atoms with Gasteiger partial charge in [0.15, 0.2) is 0 Å². The van der Waals surface area contributed by atoms with Crippen LogP contribution in [-0.4, -0.2) is 11.7 Å². The van der Waals surface area contributed by atoms with Gasteiger partial charge in [-0.2, -0.15) is 0 Å². The lowest BCUT2D eigenvalue weighted by Crippen LogP contribution is -2.59. The molecule has 4 saturated carbocycles. The maximum absolute atomic E-state index is 6.87. The summed E-state index contributed by atoms with van der Waals surface area (Å²) in [6.45, 7) is 26.8. The molecule has 4 aliphatic rings. The van der Waals surface area contributed by atoms with Crippen LogP contribution in [0.25, 0.3) is 0 Å². The Labute approximate surface area is 196 Å². The Morgan fingerprint density at radius 3 is 2.00 bits per heavy atom. The lowest BCUT2D eigenvalue weighted by atomic mass is 9.43. The number of hydrogen-bond acceptors (Lipinski definition) is 1. The average Bonchev–Trinajstić information content (AvgIpc) is 3.07. The lowest BCUT2D eigenvalue weighted by molar-refractivity contribution is -0.206. The Bertz CT molecular complexity index is 573. The van der Waals surface area contributed by atoms with Gasteiger partial charge in [-0.1, -0.05) is 61.0 Å². The van der Waals surface area contributed by atoms with Crippen molar-refractivity contribution >= 4 is 0 Å². The maximum Gasteiger partial charge on any atom is 0.0618 e. The summed E-state index contributed by atoms with van der Waals surface area (Å²) in [5, 5.41) is 0. The van der Waals surface area contributed by atoms with Gasteiger partial charge in [0.2, 0.25) is 0 Å². The highest BCUT2D eigenvalue weighted by atomic mass is 16.5. The Hall–Kier alpha value is -0.300. The zero-order valence-corrected chi connectivity index (χ0v) is 22.9. The molecule has 0 saturated heterocycles. The van der Waals surface area contributed by atoms with E-state index in [-0.39, 0.29) is 5.60 Å². The summed E-state index contributed by atoms with van der Waals surface area (Å²) in [5.74, 6) is 4.97. The number of hydrogen-bond donors (Lipinski definition) is 0. The summed E-state index contributed by atoms with van der Waals surface area (Å²) in [6, 6.07) is 0. The van der Waals surface area contributed by atoms with E-state index in [2.05, 4.69) is 54.2 Å². The first kappa shape index (κ1) is 26.9. The van der Waals surface area contributed by atoms with Crippen molar-refractivity contribution in [2.75, 3.05) is 0 Å². The van der Waals surface area contributed by atoms with Crippen LogP contribution < -0.4 is 0 Å². The minimum atomic E-state index is -0.0342. The zero-order chi connectivity index (χ0) is 23.6. The second-order valence-electron chi connectivity index (χ2n) is 12.3. The predicted octanol–water partition coefficient (Wildman–Crippen LogP) is 9.31. The molecular weight excluding hydrogens is 376 g/mol. The van der Waals surface area contributed by atoms with Gasteiger partial charge in [-0.3, -0.25) is 0 Å². The second-order valence-corrected chi connectivity index (χ2v) is 12.3. The Kier molecular flexibility index (Phi) is 8.97. The molecule has 9 unspecified atom stereocenters. The van der Waals surface area contributed by atoms with Gasteiger partial charge in [0.25, 0.3) is 0 Å². The number of fused-ring (bicyclic) bond motifs is 5. The zero-order valence-electron chi connectivity index (χ0n) is 22.9. The number of rotatable bonds is 2. The van der Waals surface area contributed by atoms with Gasteiger partial charge in [0, 0.05) is 0 Å². The van der Waals surface area contributed by atoms with Crippen molar-refractivity contribution in [3.8, 4) is 0 Å².